The highest BCUT2D eigenvalue weighted by atomic mass is 32.1. The number of aromatic nitrogens is 1. The maximum Gasteiger partial charge on any atom is 0.304 e. The molecule has 1 fully saturated rings. The molecule has 2 N–H and O–H groups in total. The number of aromatic amines is 1. The highest BCUT2D eigenvalue weighted by molar-refractivity contribution is 7.07. The second kappa shape index (κ2) is 5.12. The molecule has 1 aromatic rings. The minimum atomic E-state index is 0.0474. The van der Waals surface area contributed by atoms with Gasteiger partial charge in [-0.3, -0.25) is 9.69 Å². The van der Waals surface area contributed by atoms with E-state index in [-0.39, 0.29) is 4.87 Å². The van der Waals surface area contributed by atoms with Crippen molar-refractivity contribution in [1.82, 2.24) is 15.2 Å². The highest BCUT2D eigenvalue weighted by Gasteiger charge is 2.24. The van der Waals surface area contributed by atoms with E-state index < -0.39 is 0 Å². The maximum atomic E-state index is 11.1. The Morgan fingerprint density at radius 3 is 3.06 bits per heavy atom. The molecule has 1 aliphatic heterocycles. The van der Waals surface area contributed by atoms with Gasteiger partial charge in [0.25, 0.3) is 0 Å². The lowest BCUT2D eigenvalue weighted by molar-refractivity contribution is 0.123. The van der Waals surface area contributed by atoms with Crippen molar-refractivity contribution >= 4 is 11.3 Å². The first-order valence-corrected chi connectivity index (χ1v) is 6.71. The summed E-state index contributed by atoms with van der Waals surface area (Å²) < 4.78 is 0. The van der Waals surface area contributed by atoms with Gasteiger partial charge in [-0.05, 0) is 13.3 Å². The van der Waals surface area contributed by atoms with Gasteiger partial charge in [-0.2, -0.15) is 0 Å². The van der Waals surface area contributed by atoms with Crippen molar-refractivity contribution in [3.8, 4) is 0 Å². The zero-order chi connectivity index (χ0) is 11.5. The lowest BCUT2D eigenvalue weighted by Crippen LogP contribution is -2.54. The number of nitrogens with zero attached hydrogens (tertiary/aromatic N) is 1. The molecule has 5 heteroatoms. The molecule has 0 saturated carbocycles. The SMILES string of the molecule is CCC1CNC(C)CN1Cc1csc(=O)[nH]1. The second-order valence-corrected chi connectivity index (χ2v) is 5.32. The molecule has 4 nitrogen and oxygen atoms in total. The van der Waals surface area contributed by atoms with E-state index in [2.05, 4.69) is 29.0 Å². The predicted octanol–water partition coefficient (Wildman–Crippen LogP) is 1.01. The van der Waals surface area contributed by atoms with E-state index in [0.717, 1.165) is 31.7 Å². The average Bonchev–Trinajstić information content (AvgIpc) is 2.64. The quantitative estimate of drug-likeness (QED) is 0.830. The van der Waals surface area contributed by atoms with Gasteiger partial charge >= 0.3 is 4.87 Å². The number of piperazine rings is 1. The summed E-state index contributed by atoms with van der Waals surface area (Å²) in [7, 11) is 0. The van der Waals surface area contributed by atoms with Crippen molar-refractivity contribution in [2.24, 2.45) is 0 Å². The molecular formula is C11H19N3OS. The Balaban J connectivity index is 2.03. The molecule has 0 radical (unpaired) electrons. The number of hydrogen-bond acceptors (Lipinski definition) is 4. The van der Waals surface area contributed by atoms with Crippen LogP contribution in [0.2, 0.25) is 0 Å². The van der Waals surface area contributed by atoms with E-state index in [4.69, 9.17) is 0 Å². The van der Waals surface area contributed by atoms with E-state index in [1.165, 1.54) is 11.3 Å². The molecule has 2 unspecified atom stereocenters. The summed E-state index contributed by atoms with van der Waals surface area (Å²) in [4.78, 5) is 16.5. The molecule has 1 aromatic heterocycles. The Bertz CT molecular complexity index is 387. The molecule has 0 bridgehead atoms. The van der Waals surface area contributed by atoms with E-state index in [1.807, 2.05) is 5.38 Å². The summed E-state index contributed by atoms with van der Waals surface area (Å²) in [5, 5.41) is 5.43. The Hall–Kier alpha value is -0.650. The normalized spacial score (nSPS) is 27.1. The number of thiazole rings is 1. The van der Waals surface area contributed by atoms with Crippen LogP contribution in [0.3, 0.4) is 0 Å². The van der Waals surface area contributed by atoms with Gasteiger partial charge in [0.15, 0.2) is 0 Å². The largest absolute Gasteiger partial charge is 0.315 e. The first kappa shape index (κ1) is 11.8. The zero-order valence-electron chi connectivity index (χ0n) is 9.82. The molecular weight excluding hydrogens is 222 g/mol. The van der Waals surface area contributed by atoms with Gasteiger partial charge in [0.2, 0.25) is 0 Å². The van der Waals surface area contributed by atoms with Crippen LogP contribution in [0.4, 0.5) is 0 Å². The smallest absolute Gasteiger partial charge is 0.304 e. The van der Waals surface area contributed by atoms with Crippen molar-refractivity contribution in [3.63, 3.8) is 0 Å². The Morgan fingerprint density at radius 1 is 1.62 bits per heavy atom. The first-order chi connectivity index (χ1) is 7.69. The first-order valence-electron chi connectivity index (χ1n) is 5.83. The second-order valence-electron chi connectivity index (χ2n) is 4.47. The predicted molar refractivity (Wildman–Crippen MR) is 66.9 cm³/mol. The molecule has 2 atom stereocenters. The fourth-order valence-corrected chi connectivity index (χ4v) is 2.81. The number of H-pyrrole nitrogens is 1. The molecule has 2 heterocycles. The van der Waals surface area contributed by atoms with Crippen LogP contribution in [0.5, 0.6) is 0 Å². The third kappa shape index (κ3) is 2.72. The van der Waals surface area contributed by atoms with Gasteiger partial charge < -0.3 is 10.3 Å². The van der Waals surface area contributed by atoms with Gasteiger partial charge in [-0.25, -0.2) is 0 Å². The summed E-state index contributed by atoms with van der Waals surface area (Å²) in [5.74, 6) is 0. The van der Waals surface area contributed by atoms with Gasteiger partial charge in [0, 0.05) is 42.8 Å². The summed E-state index contributed by atoms with van der Waals surface area (Å²) in [6.07, 6.45) is 1.15. The van der Waals surface area contributed by atoms with Crippen LogP contribution in [0.15, 0.2) is 10.2 Å². The molecule has 1 saturated heterocycles. The van der Waals surface area contributed by atoms with Gasteiger partial charge in [0.1, 0.15) is 0 Å². The Labute approximate surface area is 99.7 Å². The summed E-state index contributed by atoms with van der Waals surface area (Å²) in [6.45, 7) is 7.38. The summed E-state index contributed by atoms with van der Waals surface area (Å²) in [6, 6.07) is 1.12. The summed E-state index contributed by atoms with van der Waals surface area (Å²) >= 11 is 1.25. The van der Waals surface area contributed by atoms with E-state index >= 15 is 0 Å². The van der Waals surface area contributed by atoms with Crippen LogP contribution in [0, 0.1) is 0 Å². The van der Waals surface area contributed by atoms with Crippen molar-refractivity contribution in [2.75, 3.05) is 13.1 Å². The maximum absolute atomic E-state index is 11.1. The van der Waals surface area contributed by atoms with Crippen LogP contribution in [0.25, 0.3) is 0 Å². The molecule has 16 heavy (non-hydrogen) atoms. The lowest BCUT2D eigenvalue weighted by Gasteiger charge is -2.38. The minimum Gasteiger partial charge on any atom is -0.315 e. The van der Waals surface area contributed by atoms with Gasteiger partial charge in [-0.15, -0.1) is 0 Å². The monoisotopic (exact) mass is 241 g/mol. The minimum absolute atomic E-state index is 0.0474. The molecule has 1 aliphatic rings. The van der Waals surface area contributed by atoms with Crippen LogP contribution in [0.1, 0.15) is 26.0 Å². The molecule has 0 spiro atoms. The molecule has 0 aliphatic carbocycles. The standard InChI is InChI=1S/C11H19N3OS/c1-3-10-4-12-8(2)5-14(10)6-9-7-16-11(15)13-9/h7-8,10,12H,3-6H2,1-2H3,(H,13,15). The molecule has 0 aromatic carbocycles. The third-order valence-electron chi connectivity index (χ3n) is 3.14. The van der Waals surface area contributed by atoms with Crippen LogP contribution in [-0.4, -0.2) is 35.1 Å². The van der Waals surface area contributed by atoms with Crippen LogP contribution >= 0.6 is 11.3 Å². The van der Waals surface area contributed by atoms with E-state index in [1.54, 1.807) is 0 Å². The molecule has 90 valence electrons. The van der Waals surface area contributed by atoms with E-state index in [9.17, 15) is 4.79 Å². The molecule has 0 amide bonds. The van der Waals surface area contributed by atoms with Gasteiger partial charge in [0.05, 0.1) is 0 Å². The Kier molecular flexibility index (Phi) is 3.78. The number of rotatable bonds is 3. The number of nitrogens with one attached hydrogen (secondary N) is 2. The Morgan fingerprint density at radius 2 is 2.44 bits per heavy atom. The van der Waals surface area contributed by atoms with Crippen molar-refractivity contribution in [2.45, 2.75) is 38.9 Å². The van der Waals surface area contributed by atoms with Gasteiger partial charge in [-0.1, -0.05) is 18.3 Å². The average molecular weight is 241 g/mol. The fourth-order valence-electron chi connectivity index (χ4n) is 2.24. The lowest BCUT2D eigenvalue weighted by atomic mass is 10.1. The van der Waals surface area contributed by atoms with Crippen molar-refractivity contribution < 1.29 is 0 Å². The van der Waals surface area contributed by atoms with Crippen molar-refractivity contribution in [1.29, 1.82) is 0 Å². The topological polar surface area (TPSA) is 48.1 Å². The zero-order valence-corrected chi connectivity index (χ0v) is 10.6. The fraction of sp³-hybridized carbons (Fsp3) is 0.727. The number of hydrogen-bond donors (Lipinski definition) is 2. The van der Waals surface area contributed by atoms with Crippen molar-refractivity contribution in [3.05, 3.63) is 20.7 Å². The molecule has 2 rings (SSSR count). The summed E-state index contributed by atoms with van der Waals surface area (Å²) in [5.41, 5.74) is 1.04. The highest BCUT2D eigenvalue weighted by Crippen LogP contribution is 2.13. The third-order valence-corrected chi connectivity index (χ3v) is 3.86. The van der Waals surface area contributed by atoms with E-state index in [0.29, 0.717) is 12.1 Å². The van der Waals surface area contributed by atoms with Crippen LogP contribution < -0.4 is 10.2 Å². The van der Waals surface area contributed by atoms with Crippen LogP contribution in [-0.2, 0) is 6.54 Å².